The SMILES string of the molecule is CCNC(CSCC(C)C)C1CCCCCC1. The third kappa shape index (κ3) is 6.71. The van der Waals surface area contributed by atoms with Crippen LogP contribution in [0.2, 0.25) is 0 Å². The van der Waals surface area contributed by atoms with Crippen molar-refractivity contribution in [2.45, 2.75) is 65.3 Å². The Labute approximate surface area is 113 Å². The molecular formula is C15H31NS. The molecule has 0 aliphatic heterocycles. The summed E-state index contributed by atoms with van der Waals surface area (Å²) in [4.78, 5) is 0. The highest BCUT2D eigenvalue weighted by Crippen LogP contribution is 2.27. The van der Waals surface area contributed by atoms with E-state index in [1.54, 1.807) is 0 Å². The van der Waals surface area contributed by atoms with Gasteiger partial charge in [0.05, 0.1) is 0 Å². The molecule has 1 aliphatic carbocycles. The Morgan fingerprint density at radius 1 is 1.06 bits per heavy atom. The quantitative estimate of drug-likeness (QED) is 0.682. The number of thioether (sulfide) groups is 1. The molecule has 2 heteroatoms. The summed E-state index contributed by atoms with van der Waals surface area (Å²) in [5.74, 6) is 4.40. The van der Waals surface area contributed by atoms with Gasteiger partial charge in [-0.15, -0.1) is 0 Å². The van der Waals surface area contributed by atoms with Gasteiger partial charge in [0.25, 0.3) is 0 Å². The zero-order chi connectivity index (χ0) is 12.5. The van der Waals surface area contributed by atoms with Gasteiger partial charge in [0.2, 0.25) is 0 Å². The third-order valence-corrected chi connectivity index (χ3v) is 5.18. The molecule has 0 heterocycles. The van der Waals surface area contributed by atoms with Crippen LogP contribution in [0, 0.1) is 11.8 Å². The van der Waals surface area contributed by atoms with Crippen LogP contribution in [-0.2, 0) is 0 Å². The van der Waals surface area contributed by atoms with Crippen molar-refractivity contribution in [3.05, 3.63) is 0 Å². The van der Waals surface area contributed by atoms with E-state index in [1.807, 2.05) is 0 Å². The van der Waals surface area contributed by atoms with Gasteiger partial charge < -0.3 is 5.32 Å². The lowest BCUT2D eigenvalue weighted by Crippen LogP contribution is -2.38. The smallest absolute Gasteiger partial charge is 0.0186 e. The molecule has 1 atom stereocenters. The van der Waals surface area contributed by atoms with Gasteiger partial charge in [-0.25, -0.2) is 0 Å². The lowest BCUT2D eigenvalue weighted by Gasteiger charge is -2.27. The molecule has 0 bridgehead atoms. The van der Waals surface area contributed by atoms with E-state index < -0.39 is 0 Å². The van der Waals surface area contributed by atoms with Gasteiger partial charge >= 0.3 is 0 Å². The molecule has 0 saturated heterocycles. The Bertz CT molecular complexity index is 174. The van der Waals surface area contributed by atoms with E-state index in [9.17, 15) is 0 Å². The Balaban J connectivity index is 2.33. The minimum atomic E-state index is 0.766. The molecule has 1 fully saturated rings. The average Bonchev–Trinajstić information content (AvgIpc) is 2.56. The van der Waals surface area contributed by atoms with E-state index in [0.29, 0.717) is 0 Å². The van der Waals surface area contributed by atoms with Crippen molar-refractivity contribution in [2.24, 2.45) is 11.8 Å². The summed E-state index contributed by atoms with van der Waals surface area (Å²) >= 11 is 2.15. The summed E-state index contributed by atoms with van der Waals surface area (Å²) in [5.41, 5.74) is 0. The van der Waals surface area contributed by atoms with Crippen LogP contribution in [0.3, 0.4) is 0 Å². The average molecular weight is 257 g/mol. The molecule has 1 aliphatic rings. The maximum Gasteiger partial charge on any atom is 0.0186 e. The molecule has 1 unspecified atom stereocenters. The highest BCUT2D eigenvalue weighted by atomic mass is 32.2. The van der Waals surface area contributed by atoms with Crippen molar-refractivity contribution in [1.29, 1.82) is 0 Å². The zero-order valence-corrected chi connectivity index (χ0v) is 12.8. The van der Waals surface area contributed by atoms with Crippen LogP contribution in [0.1, 0.15) is 59.3 Å². The van der Waals surface area contributed by atoms with Gasteiger partial charge in [-0.1, -0.05) is 46.5 Å². The lowest BCUT2D eigenvalue weighted by atomic mass is 9.93. The standard InChI is InChI=1S/C15H31NS/c1-4-16-15(12-17-11-13(2)3)14-9-7-5-6-8-10-14/h13-16H,4-12H2,1-3H3. The summed E-state index contributed by atoms with van der Waals surface area (Å²) < 4.78 is 0. The zero-order valence-electron chi connectivity index (χ0n) is 12.0. The summed E-state index contributed by atoms with van der Waals surface area (Å²) in [5, 5.41) is 3.73. The first-order chi connectivity index (χ1) is 8.24. The van der Waals surface area contributed by atoms with Gasteiger partial charge in [0.1, 0.15) is 0 Å². The first kappa shape index (κ1) is 15.4. The van der Waals surface area contributed by atoms with Crippen LogP contribution < -0.4 is 5.32 Å². The minimum Gasteiger partial charge on any atom is -0.313 e. The van der Waals surface area contributed by atoms with Crippen LogP contribution in [0.5, 0.6) is 0 Å². The fourth-order valence-electron chi connectivity index (χ4n) is 2.77. The Kier molecular flexibility index (Phi) is 8.38. The van der Waals surface area contributed by atoms with E-state index in [1.165, 1.54) is 50.0 Å². The second-order valence-corrected chi connectivity index (χ2v) is 6.92. The van der Waals surface area contributed by atoms with Crippen molar-refractivity contribution in [3.63, 3.8) is 0 Å². The molecule has 17 heavy (non-hydrogen) atoms. The Morgan fingerprint density at radius 3 is 2.24 bits per heavy atom. The molecule has 1 rings (SSSR count). The van der Waals surface area contributed by atoms with E-state index in [-0.39, 0.29) is 0 Å². The van der Waals surface area contributed by atoms with Crippen molar-refractivity contribution in [3.8, 4) is 0 Å². The van der Waals surface area contributed by atoms with Gasteiger partial charge in [0.15, 0.2) is 0 Å². The van der Waals surface area contributed by atoms with Crippen molar-refractivity contribution < 1.29 is 0 Å². The number of nitrogens with one attached hydrogen (secondary N) is 1. The van der Waals surface area contributed by atoms with Crippen LogP contribution in [0.25, 0.3) is 0 Å². The molecule has 102 valence electrons. The molecule has 0 radical (unpaired) electrons. The number of hydrogen-bond donors (Lipinski definition) is 1. The predicted octanol–water partition coefficient (Wildman–Crippen LogP) is 4.32. The van der Waals surface area contributed by atoms with Crippen LogP contribution in [0.15, 0.2) is 0 Å². The molecule has 1 N–H and O–H groups in total. The Morgan fingerprint density at radius 2 is 1.71 bits per heavy atom. The number of rotatable bonds is 7. The molecule has 1 saturated carbocycles. The predicted molar refractivity (Wildman–Crippen MR) is 80.8 cm³/mol. The summed E-state index contributed by atoms with van der Waals surface area (Å²) in [7, 11) is 0. The van der Waals surface area contributed by atoms with Gasteiger partial charge in [0, 0.05) is 11.8 Å². The maximum atomic E-state index is 3.73. The highest BCUT2D eigenvalue weighted by molar-refractivity contribution is 7.99. The van der Waals surface area contributed by atoms with Crippen molar-refractivity contribution in [2.75, 3.05) is 18.1 Å². The van der Waals surface area contributed by atoms with Gasteiger partial charge in [-0.3, -0.25) is 0 Å². The molecule has 0 aromatic rings. The monoisotopic (exact) mass is 257 g/mol. The second kappa shape index (κ2) is 9.27. The number of hydrogen-bond acceptors (Lipinski definition) is 2. The molecule has 0 amide bonds. The molecule has 0 spiro atoms. The summed E-state index contributed by atoms with van der Waals surface area (Å²) in [6.45, 7) is 8.02. The van der Waals surface area contributed by atoms with Crippen molar-refractivity contribution >= 4 is 11.8 Å². The normalized spacial score (nSPS) is 20.5. The van der Waals surface area contributed by atoms with E-state index >= 15 is 0 Å². The molecule has 1 nitrogen and oxygen atoms in total. The topological polar surface area (TPSA) is 12.0 Å². The highest BCUT2D eigenvalue weighted by Gasteiger charge is 2.21. The van der Waals surface area contributed by atoms with Crippen LogP contribution in [0.4, 0.5) is 0 Å². The Hall–Kier alpha value is 0.310. The van der Waals surface area contributed by atoms with E-state index in [2.05, 4.69) is 37.8 Å². The molecular weight excluding hydrogens is 226 g/mol. The van der Waals surface area contributed by atoms with Crippen LogP contribution >= 0.6 is 11.8 Å². The largest absolute Gasteiger partial charge is 0.313 e. The van der Waals surface area contributed by atoms with Gasteiger partial charge in [-0.2, -0.15) is 11.8 Å². The fourth-order valence-corrected chi connectivity index (χ4v) is 4.02. The van der Waals surface area contributed by atoms with Crippen LogP contribution in [-0.4, -0.2) is 24.1 Å². The maximum absolute atomic E-state index is 3.73. The first-order valence-corrected chi connectivity index (χ1v) is 8.70. The summed E-state index contributed by atoms with van der Waals surface area (Å²) in [6.07, 6.45) is 8.77. The van der Waals surface area contributed by atoms with Gasteiger partial charge in [-0.05, 0) is 37.0 Å². The first-order valence-electron chi connectivity index (χ1n) is 7.55. The van der Waals surface area contributed by atoms with E-state index in [0.717, 1.165) is 24.4 Å². The lowest BCUT2D eigenvalue weighted by molar-refractivity contribution is 0.347. The minimum absolute atomic E-state index is 0.766. The fraction of sp³-hybridized carbons (Fsp3) is 1.00. The van der Waals surface area contributed by atoms with Crippen molar-refractivity contribution in [1.82, 2.24) is 5.32 Å². The molecule has 0 aromatic heterocycles. The second-order valence-electron chi connectivity index (χ2n) is 5.85. The third-order valence-electron chi connectivity index (χ3n) is 3.68. The van der Waals surface area contributed by atoms with E-state index in [4.69, 9.17) is 0 Å². The molecule has 0 aromatic carbocycles. The summed E-state index contributed by atoms with van der Waals surface area (Å²) in [6, 6.07) is 0.766.